The molecule has 2 aromatic carbocycles. The number of likely N-dealkylation sites (tertiary alicyclic amines) is 1. The van der Waals surface area contributed by atoms with Gasteiger partial charge in [-0.25, -0.2) is 0 Å². The van der Waals surface area contributed by atoms with Crippen LogP contribution >= 0.6 is 0 Å². The second kappa shape index (κ2) is 39.1. The molecule has 2 fully saturated rings. The Labute approximate surface area is 589 Å². The summed E-state index contributed by atoms with van der Waals surface area (Å²) in [7, 11) is 8.02. The predicted octanol–water partition coefficient (Wildman–Crippen LogP) is 3.75. The minimum atomic E-state index is -3.15. The van der Waals surface area contributed by atoms with Gasteiger partial charge in [-0.05, 0) is 112 Å². The SMILES string of the molecule is CC(C)C[C@H]1NC(=O)C[C@@H](C(=O)N2CCCCC2)NC(=O)[C@H](CC(C)C)N(C)C(=O)[C@H](CC(C)C)N(C)C(=O)[C@H](Cc2ccc(OC(F)F)cc2)NC(=O)[C@H](C)N(C)C(=O)CN(C)C(=O)[C@H]([C@@H](C)O)NC(=O)[C@H](CC(C)C)N(C)C(=O)[C@H](C(C)C)NC(=O)[C@H](Cc2ccccc2)N(C)C1=O. The molecule has 2 aromatic rings. The van der Waals surface area contributed by atoms with Crippen LogP contribution in [-0.2, 0) is 70.4 Å². The molecule has 2 saturated heterocycles. The first kappa shape index (κ1) is 84.1. The standard InChI is InChI=1S/C72H112F2N12O14/c1-41(2)33-51-66(94)82(15)56(38-48-25-21-19-22-26-48)65(93)78-60(45(9)10)71(99)84(17)55(35-43(5)6)64(92)79-61(47(12)87)70(98)80(13)40-59(89)81(14)46(11)62(90)76-52(37-49-27-29-50(30-28-49)100-72(73)74)67(95)85(18)57(36-44(7)8)69(97)83(16)54(34-42(3)4)63(91)77-53(39-58(88)75-51)68(96)86-31-23-20-24-32-86/h19,21-22,25-30,41-47,51-57,60-61,72,87H,20,23-24,31-40H2,1-18H3,(H,75,88)(H,76,90)(H,77,91)(H,78,93)(H,79,92)/t46-,47+,51+,52-,53-,54-,55-,56-,57-,60-,61-/m0/s1. The fraction of sp³-hybridized carbons (Fsp3) is 0.667. The largest absolute Gasteiger partial charge is 0.435 e. The zero-order valence-electron chi connectivity index (χ0n) is 61.8. The van der Waals surface area contributed by atoms with E-state index in [1.807, 2.05) is 41.5 Å². The Morgan fingerprint density at radius 2 is 0.970 bits per heavy atom. The van der Waals surface area contributed by atoms with E-state index in [0.29, 0.717) is 37.1 Å². The van der Waals surface area contributed by atoms with Crippen molar-refractivity contribution in [1.29, 1.82) is 0 Å². The number of likely N-dealkylation sites (N-methyl/N-ethyl adjacent to an activating group) is 6. The lowest BCUT2D eigenvalue weighted by Crippen LogP contribution is -2.62. The highest BCUT2D eigenvalue weighted by Crippen LogP contribution is 2.24. The molecule has 4 rings (SSSR count). The number of benzene rings is 2. The van der Waals surface area contributed by atoms with E-state index in [-0.39, 0.29) is 67.9 Å². The van der Waals surface area contributed by atoms with Gasteiger partial charge in [-0.15, -0.1) is 0 Å². The quantitative estimate of drug-likeness (QED) is 0.132. The molecule has 100 heavy (non-hydrogen) atoms. The first-order valence-corrected chi connectivity index (χ1v) is 34.9. The highest BCUT2D eigenvalue weighted by molar-refractivity contribution is 6.00. The highest BCUT2D eigenvalue weighted by atomic mass is 19.3. The number of aliphatic hydroxyl groups excluding tert-OH is 1. The lowest BCUT2D eigenvalue weighted by molar-refractivity contribution is -0.150. The molecule has 0 bridgehead atoms. The third-order valence-corrected chi connectivity index (χ3v) is 18.4. The number of ether oxygens (including phenoxy) is 1. The Bertz CT molecular complexity index is 3110. The fourth-order valence-corrected chi connectivity index (χ4v) is 12.3. The van der Waals surface area contributed by atoms with Crippen LogP contribution in [0.5, 0.6) is 5.75 Å². The maximum Gasteiger partial charge on any atom is 0.387 e. The molecule has 0 aromatic heterocycles. The van der Waals surface area contributed by atoms with Crippen LogP contribution in [0.1, 0.15) is 146 Å². The first-order chi connectivity index (χ1) is 46.7. The van der Waals surface area contributed by atoms with Gasteiger partial charge in [-0.2, -0.15) is 8.78 Å². The number of alkyl halides is 2. The zero-order chi connectivity index (χ0) is 75.3. The molecule has 558 valence electrons. The number of amides is 12. The van der Waals surface area contributed by atoms with Crippen LogP contribution in [0.25, 0.3) is 0 Å². The van der Waals surface area contributed by atoms with Crippen molar-refractivity contribution in [2.45, 2.75) is 220 Å². The Hall–Kier alpha value is -8.30. The first-order valence-electron chi connectivity index (χ1n) is 34.9. The topological polar surface area (TPSA) is 317 Å². The summed E-state index contributed by atoms with van der Waals surface area (Å²) < 4.78 is 31.1. The molecule has 6 N–H and O–H groups in total. The molecule has 0 spiro atoms. The Morgan fingerprint density at radius 3 is 1.49 bits per heavy atom. The minimum Gasteiger partial charge on any atom is -0.435 e. The fourth-order valence-electron chi connectivity index (χ4n) is 12.3. The van der Waals surface area contributed by atoms with Gasteiger partial charge in [-0.3, -0.25) is 57.5 Å². The number of halogens is 2. The van der Waals surface area contributed by atoms with Crippen molar-refractivity contribution < 1.29 is 76.2 Å². The molecule has 12 amide bonds. The molecule has 0 saturated carbocycles. The molecular weight excluding hydrogens is 1290 g/mol. The molecule has 11 atom stereocenters. The van der Waals surface area contributed by atoms with E-state index < -0.39 is 163 Å². The number of hydrogen-bond donors (Lipinski definition) is 6. The monoisotopic (exact) mass is 1410 g/mol. The minimum absolute atomic E-state index is 0.0221. The average molecular weight is 1410 g/mol. The van der Waals surface area contributed by atoms with Gasteiger partial charge >= 0.3 is 6.61 Å². The Kier molecular flexibility index (Phi) is 32.9. The van der Waals surface area contributed by atoms with E-state index in [4.69, 9.17) is 0 Å². The lowest BCUT2D eigenvalue weighted by Gasteiger charge is -2.38. The Morgan fingerprint density at radius 1 is 0.500 bits per heavy atom. The molecule has 26 nitrogen and oxygen atoms in total. The number of rotatable bonds is 17. The number of carbonyl (C=O) groups is 12. The number of aliphatic hydroxyl groups is 1. The molecule has 0 radical (unpaired) electrons. The summed E-state index contributed by atoms with van der Waals surface area (Å²) in [5, 5.41) is 25.0. The summed E-state index contributed by atoms with van der Waals surface area (Å²) in [6, 6.07) is 0.0837. The summed E-state index contributed by atoms with van der Waals surface area (Å²) >= 11 is 0. The van der Waals surface area contributed by atoms with Crippen molar-refractivity contribution in [2.24, 2.45) is 29.6 Å². The summed E-state index contributed by atoms with van der Waals surface area (Å²) in [6.07, 6.45) is -0.324. The van der Waals surface area contributed by atoms with Gasteiger partial charge in [-0.1, -0.05) is 112 Å². The second-order valence-electron chi connectivity index (χ2n) is 29.0. The molecule has 2 heterocycles. The smallest absolute Gasteiger partial charge is 0.387 e. The predicted molar refractivity (Wildman–Crippen MR) is 372 cm³/mol. The number of piperidine rings is 1. The maximum atomic E-state index is 15.3. The van der Waals surface area contributed by atoms with Gasteiger partial charge in [0, 0.05) is 68.2 Å². The number of carbonyl (C=O) groups excluding carboxylic acids is 12. The highest BCUT2D eigenvalue weighted by Gasteiger charge is 2.43. The van der Waals surface area contributed by atoms with Gasteiger partial charge in [0.2, 0.25) is 70.9 Å². The maximum absolute atomic E-state index is 15.3. The normalized spacial score (nSPS) is 25.0. The second-order valence-corrected chi connectivity index (χ2v) is 29.0. The average Bonchev–Trinajstić information content (AvgIpc) is 0.821. The van der Waals surface area contributed by atoms with Crippen LogP contribution in [0.2, 0.25) is 0 Å². The van der Waals surface area contributed by atoms with Gasteiger partial charge in [0.15, 0.2) is 0 Å². The van der Waals surface area contributed by atoms with E-state index in [2.05, 4.69) is 31.3 Å². The van der Waals surface area contributed by atoms with Crippen LogP contribution in [-0.4, -0.2) is 245 Å². The molecule has 2 aliphatic rings. The van der Waals surface area contributed by atoms with E-state index in [1.165, 1.54) is 90.2 Å². The van der Waals surface area contributed by atoms with Crippen LogP contribution in [0.4, 0.5) is 8.78 Å². The molecule has 0 aliphatic carbocycles. The summed E-state index contributed by atoms with van der Waals surface area (Å²) in [5.74, 6) is -11.2. The van der Waals surface area contributed by atoms with Gasteiger partial charge in [0.1, 0.15) is 66.2 Å². The third-order valence-electron chi connectivity index (χ3n) is 18.4. The summed E-state index contributed by atoms with van der Waals surface area (Å²) in [6.45, 7) is 17.3. The van der Waals surface area contributed by atoms with E-state index in [9.17, 15) is 47.4 Å². The van der Waals surface area contributed by atoms with E-state index in [1.54, 1.807) is 62.9 Å². The van der Waals surface area contributed by atoms with Crippen LogP contribution in [0, 0.1) is 29.6 Å². The number of nitrogens with zero attached hydrogens (tertiary/aromatic N) is 7. The number of hydrogen-bond acceptors (Lipinski definition) is 14. The van der Waals surface area contributed by atoms with Crippen molar-refractivity contribution in [3.8, 4) is 5.75 Å². The van der Waals surface area contributed by atoms with Crippen molar-refractivity contribution in [2.75, 3.05) is 61.9 Å². The van der Waals surface area contributed by atoms with Crippen molar-refractivity contribution in [3.63, 3.8) is 0 Å². The molecule has 0 unspecified atom stereocenters. The third kappa shape index (κ3) is 24.5. The summed E-state index contributed by atoms with van der Waals surface area (Å²) in [4.78, 5) is 186. The van der Waals surface area contributed by atoms with Crippen LogP contribution in [0.15, 0.2) is 54.6 Å². The van der Waals surface area contributed by atoms with Gasteiger partial charge in [0.25, 0.3) is 0 Å². The molecular formula is C72H112F2N12O14. The van der Waals surface area contributed by atoms with Crippen LogP contribution < -0.4 is 31.3 Å². The van der Waals surface area contributed by atoms with Crippen molar-refractivity contribution >= 4 is 70.9 Å². The zero-order valence-corrected chi connectivity index (χ0v) is 61.8. The van der Waals surface area contributed by atoms with E-state index >= 15 is 24.0 Å². The van der Waals surface area contributed by atoms with E-state index in [0.717, 1.165) is 26.0 Å². The lowest BCUT2D eigenvalue weighted by atomic mass is 9.96. The molecule has 2 aliphatic heterocycles. The summed E-state index contributed by atoms with van der Waals surface area (Å²) in [5.41, 5.74) is 0.986. The van der Waals surface area contributed by atoms with Crippen molar-refractivity contribution in [3.05, 3.63) is 65.7 Å². The van der Waals surface area contributed by atoms with Crippen LogP contribution in [0.3, 0.4) is 0 Å². The van der Waals surface area contributed by atoms with Gasteiger partial charge in [0.05, 0.1) is 19.1 Å². The van der Waals surface area contributed by atoms with Gasteiger partial charge < -0.3 is 70.7 Å². The molecule has 28 heteroatoms. The Balaban J connectivity index is 1.96. The van der Waals surface area contributed by atoms with Crippen molar-refractivity contribution in [1.82, 2.24) is 60.9 Å². The number of nitrogens with one attached hydrogen (secondary N) is 5.